The molecule has 18 heavy (non-hydrogen) atoms. The first-order valence-corrected chi connectivity index (χ1v) is 5.89. The van der Waals surface area contributed by atoms with Gasteiger partial charge in [-0.05, 0) is 25.1 Å². The number of carbonyl (C=O) groups excluding carboxylic acids is 1. The standard InChI is InChI=1S/C13H20N2O3/c1-4-15(8-7-14)13(16)10-5-6-11(17-2)12(9-10)18-3/h5-6,9H,4,7-8,14H2,1-3H3. The molecule has 5 nitrogen and oxygen atoms in total. The molecule has 0 atom stereocenters. The van der Waals surface area contributed by atoms with Crippen LogP contribution in [0, 0.1) is 0 Å². The number of ether oxygens (including phenoxy) is 2. The zero-order chi connectivity index (χ0) is 13.5. The van der Waals surface area contributed by atoms with Crippen LogP contribution in [0.5, 0.6) is 11.5 Å². The number of nitrogens with zero attached hydrogens (tertiary/aromatic N) is 1. The summed E-state index contributed by atoms with van der Waals surface area (Å²) in [6.45, 7) is 3.55. The van der Waals surface area contributed by atoms with E-state index in [0.29, 0.717) is 36.7 Å². The van der Waals surface area contributed by atoms with E-state index in [9.17, 15) is 4.79 Å². The highest BCUT2D eigenvalue weighted by Gasteiger charge is 2.15. The van der Waals surface area contributed by atoms with Crippen molar-refractivity contribution in [3.63, 3.8) is 0 Å². The molecule has 0 spiro atoms. The van der Waals surface area contributed by atoms with Gasteiger partial charge in [0, 0.05) is 25.2 Å². The average molecular weight is 252 g/mol. The maximum Gasteiger partial charge on any atom is 0.254 e. The zero-order valence-corrected chi connectivity index (χ0v) is 11.1. The predicted molar refractivity (Wildman–Crippen MR) is 70.2 cm³/mol. The molecule has 5 heteroatoms. The Balaban J connectivity index is 2.98. The Bertz CT molecular complexity index is 407. The number of hydrogen-bond acceptors (Lipinski definition) is 4. The van der Waals surface area contributed by atoms with Gasteiger partial charge in [0.25, 0.3) is 5.91 Å². The van der Waals surface area contributed by atoms with Crippen LogP contribution in [-0.4, -0.2) is 44.7 Å². The molecule has 1 amide bonds. The minimum absolute atomic E-state index is 0.0519. The second-order valence-corrected chi connectivity index (χ2v) is 3.74. The van der Waals surface area contributed by atoms with Gasteiger partial charge >= 0.3 is 0 Å². The molecule has 1 rings (SSSR count). The topological polar surface area (TPSA) is 64.8 Å². The first-order chi connectivity index (χ1) is 8.67. The van der Waals surface area contributed by atoms with Crippen LogP contribution < -0.4 is 15.2 Å². The maximum atomic E-state index is 12.2. The van der Waals surface area contributed by atoms with E-state index >= 15 is 0 Å². The van der Waals surface area contributed by atoms with Crippen LogP contribution in [0.1, 0.15) is 17.3 Å². The van der Waals surface area contributed by atoms with Gasteiger partial charge < -0.3 is 20.1 Å². The Kier molecular flexibility index (Phi) is 5.45. The number of hydrogen-bond donors (Lipinski definition) is 1. The fourth-order valence-electron chi connectivity index (χ4n) is 1.71. The van der Waals surface area contributed by atoms with E-state index in [2.05, 4.69) is 0 Å². The molecule has 100 valence electrons. The summed E-state index contributed by atoms with van der Waals surface area (Å²) in [5.41, 5.74) is 6.06. The summed E-state index contributed by atoms with van der Waals surface area (Å²) in [6, 6.07) is 5.13. The third-order valence-corrected chi connectivity index (χ3v) is 2.70. The lowest BCUT2D eigenvalue weighted by atomic mass is 10.1. The van der Waals surface area contributed by atoms with Gasteiger partial charge in [-0.15, -0.1) is 0 Å². The normalized spacial score (nSPS) is 10.0. The summed E-state index contributed by atoms with van der Waals surface area (Å²) in [4.78, 5) is 13.9. The minimum atomic E-state index is -0.0519. The highest BCUT2D eigenvalue weighted by atomic mass is 16.5. The second-order valence-electron chi connectivity index (χ2n) is 3.74. The van der Waals surface area contributed by atoms with Gasteiger partial charge in [-0.3, -0.25) is 4.79 Å². The largest absolute Gasteiger partial charge is 0.493 e. The highest BCUT2D eigenvalue weighted by molar-refractivity contribution is 5.94. The van der Waals surface area contributed by atoms with Gasteiger partial charge in [0.15, 0.2) is 11.5 Å². The number of benzene rings is 1. The predicted octanol–water partition coefficient (Wildman–Crippen LogP) is 1.12. The number of nitrogens with two attached hydrogens (primary N) is 1. The van der Waals surface area contributed by atoms with Crippen LogP contribution in [0.2, 0.25) is 0 Å². The van der Waals surface area contributed by atoms with Gasteiger partial charge in [0.1, 0.15) is 0 Å². The van der Waals surface area contributed by atoms with Crippen LogP contribution in [0.4, 0.5) is 0 Å². The first kappa shape index (κ1) is 14.3. The Morgan fingerprint density at radius 2 is 1.94 bits per heavy atom. The molecule has 0 fully saturated rings. The smallest absolute Gasteiger partial charge is 0.254 e. The van der Waals surface area contributed by atoms with Crippen molar-refractivity contribution in [3.05, 3.63) is 23.8 Å². The van der Waals surface area contributed by atoms with Crippen molar-refractivity contribution >= 4 is 5.91 Å². The van der Waals surface area contributed by atoms with E-state index in [1.165, 1.54) is 0 Å². The Morgan fingerprint density at radius 3 is 2.44 bits per heavy atom. The molecule has 0 heterocycles. The monoisotopic (exact) mass is 252 g/mol. The van der Waals surface area contributed by atoms with Gasteiger partial charge in [-0.1, -0.05) is 0 Å². The molecular formula is C13H20N2O3. The van der Waals surface area contributed by atoms with Crippen molar-refractivity contribution < 1.29 is 14.3 Å². The first-order valence-electron chi connectivity index (χ1n) is 5.89. The van der Waals surface area contributed by atoms with E-state index in [0.717, 1.165) is 0 Å². The summed E-state index contributed by atoms with van der Waals surface area (Å²) in [7, 11) is 3.11. The van der Waals surface area contributed by atoms with Crippen molar-refractivity contribution in [1.29, 1.82) is 0 Å². The van der Waals surface area contributed by atoms with E-state index in [1.54, 1.807) is 37.3 Å². The van der Waals surface area contributed by atoms with Crippen LogP contribution in [0.3, 0.4) is 0 Å². The number of amides is 1. The lowest BCUT2D eigenvalue weighted by Crippen LogP contribution is -2.35. The van der Waals surface area contributed by atoms with E-state index in [4.69, 9.17) is 15.2 Å². The number of carbonyl (C=O) groups is 1. The molecule has 0 bridgehead atoms. The molecule has 0 aliphatic heterocycles. The number of rotatable bonds is 6. The summed E-state index contributed by atoms with van der Waals surface area (Å²) < 4.78 is 10.3. The van der Waals surface area contributed by atoms with E-state index in [-0.39, 0.29) is 5.91 Å². The molecule has 2 N–H and O–H groups in total. The average Bonchev–Trinajstić information content (AvgIpc) is 2.43. The van der Waals surface area contributed by atoms with Gasteiger partial charge in [0.05, 0.1) is 14.2 Å². The summed E-state index contributed by atoms with van der Waals surface area (Å²) >= 11 is 0. The van der Waals surface area contributed by atoms with Crippen molar-refractivity contribution in [2.45, 2.75) is 6.92 Å². The maximum absolute atomic E-state index is 12.2. The molecule has 0 saturated carbocycles. The molecule has 0 saturated heterocycles. The Hall–Kier alpha value is -1.75. The van der Waals surface area contributed by atoms with E-state index < -0.39 is 0 Å². The molecular weight excluding hydrogens is 232 g/mol. The Morgan fingerprint density at radius 1 is 1.28 bits per heavy atom. The van der Waals surface area contributed by atoms with Crippen molar-refractivity contribution in [3.8, 4) is 11.5 Å². The second kappa shape index (κ2) is 6.86. The van der Waals surface area contributed by atoms with Gasteiger partial charge in [-0.25, -0.2) is 0 Å². The van der Waals surface area contributed by atoms with Crippen LogP contribution in [-0.2, 0) is 0 Å². The molecule has 0 radical (unpaired) electrons. The quantitative estimate of drug-likeness (QED) is 0.824. The van der Waals surface area contributed by atoms with Crippen molar-refractivity contribution in [2.24, 2.45) is 5.73 Å². The van der Waals surface area contributed by atoms with Gasteiger partial charge in [-0.2, -0.15) is 0 Å². The van der Waals surface area contributed by atoms with Crippen LogP contribution in [0.15, 0.2) is 18.2 Å². The number of methoxy groups -OCH3 is 2. The SMILES string of the molecule is CCN(CCN)C(=O)c1ccc(OC)c(OC)c1. The fraction of sp³-hybridized carbons (Fsp3) is 0.462. The highest BCUT2D eigenvalue weighted by Crippen LogP contribution is 2.27. The third kappa shape index (κ3) is 3.13. The fourth-order valence-corrected chi connectivity index (χ4v) is 1.71. The van der Waals surface area contributed by atoms with Gasteiger partial charge in [0.2, 0.25) is 0 Å². The lowest BCUT2D eigenvalue weighted by Gasteiger charge is -2.20. The zero-order valence-electron chi connectivity index (χ0n) is 11.1. The van der Waals surface area contributed by atoms with E-state index in [1.807, 2.05) is 6.92 Å². The third-order valence-electron chi connectivity index (χ3n) is 2.70. The molecule has 1 aromatic carbocycles. The molecule has 0 unspecified atom stereocenters. The summed E-state index contributed by atoms with van der Waals surface area (Å²) in [5, 5.41) is 0. The van der Waals surface area contributed by atoms with Crippen molar-refractivity contribution in [1.82, 2.24) is 4.90 Å². The number of likely N-dealkylation sites (N-methyl/N-ethyl adjacent to an activating group) is 1. The molecule has 0 aliphatic rings. The van der Waals surface area contributed by atoms with Crippen molar-refractivity contribution in [2.75, 3.05) is 33.9 Å². The minimum Gasteiger partial charge on any atom is -0.493 e. The molecule has 0 aromatic heterocycles. The molecule has 0 aliphatic carbocycles. The van der Waals surface area contributed by atoms with Crippen LogP contribution in [0.25, 0.3) is 0 Å². The summed E-state index contributed by atoms with van der Waals surface area (Å²) in [5.74, 6) is 1.10. The van der Waals surface area contributed by atoms with Crippen LogP contribution >= 0.6 is 0 Å². The summed E-state index contributed by atoms with van der Waals surface area (Å²) in [6.07, 6.45) is 0. The Labute approximate surface area is 107 Å². The lowest BCUT2D eigenvalue weighted by molar-refractivity contribution is 0.0768. The molecule has 1 aromatic rings.